The van der Waals surface area contributed by atoms with Crippen LogP contribution in [0, 0.1) is 5.82 Å². The standard InChI is InChI=1S/C32H26FN3O5S2/c1-3-13-40-24-6-4-5-20(16-24)27-26(28(37)21-9-12-25-22(15-21)14-18(2)41-25)29(38)30(39)36(27)31-34-35-32(43-31)42-17-19-7-10-23(33)11-8-19/h3-12,15-16,18,27,37H,1,13-14,17H2,2H3/b28-26+/t18-,27-/m0/s1. The quantitative estimate of drug-likeness (QED) is 0.0570. The number of hydrogen-bond donors (Lipinski definition) is 1. The van der Waals surface area contributed by atoms with Crippen LogP contribution in [0.15, 0.2) is 89.3 Å². The van der Waals surface area contributed by atoms with Crippen molar-refractivity contribution in [2.45, 2.75) is 35.6 Å². The Balaban J connectivity index is 1.39. The van der Waals surface area contributed by atoms with Crippen molar-refractivity contribution in [2.75, 3.05) is 11.5 Å². The van der Waals surface area contributed by atoms with Gasteiger partial charge < -0.3 is 14.6 Å². The van der Waals surface area contributed by atoms with Gasteiger partial charge in [-0.05, 0) is 66.1 Å². The van der Waals surface area contributed by atoms with Crippen molar-refractivity contribution in [3.05, 3.63) is 113 Å². The number of nitrogens with zero attached hydrogens (tertiary/aromatic N) is 3. The van der Waals surface area contributed by atoms with Gasteiger partial charge in [0, 0.05) is 17.7 Å². The number of aromatic nitrogens is 2. The molecule has 1 amide bonds. The second-order valence-corrected chi connectivity index (χ2v) is 12.2. The smallest absolute Gasteiger partial charge is 0.301 e. The fourth-order valence-electron chi connectivity index (χ4n) is 5.08. The molecule has 218 valence electrons. The first-order valence-electron chi connectivity index (χ1n) is 13.5. The number of thioether (sulfide) groups is 1. The Morgan fingerprint density at radius 1 is 1.19 bits per heavy atom. The van der Waals surface area contributed by atoms with Gasteiger partial charge in [-0.15, -0.1) is 10.2 Å². The molecule has 1 N–H and O–H groups in total. The lowest BCUT2D eigenvalue weighted by Gasteiger charge is -2.23. The van der Waals surface area contributed by atoms with Crippen molar-refractivity contribution in [3.8, 4) is 11.5 Å². The van der Waals surface area contributed by atoms with Gasteiger partial charge in [0.15, 0.2) is 4.34 Å². The molecular weight excluding hydrogens is 590 g/mol. The topological polar surface area (TPSA) is 102 Å². The van der Waals surface area contributed by atoms with Gasteiger partial charge in [0.05, 0.1) is 11.6 Å². The van der Waals surface area contributed by atoms with Crippen LogP contribution in [0.5, 0.6) is 11.5 Å². The molecular formula is C32H26FN3O5S2. The monoisotopic (exact) mass is 615 g/mol. The molecule has 11 heteroatoms. The highest BCUT2D eigenvalue weighted by molar-refractivity contribution is 8.00. The predicted octanol–water partition coefficient (Wildman–Crippen LogP) is 6.48. The minimum atomic E-state index is -0.987. The average Bonchev–Trinajstić information content (AvgIpc) is 3.70. The molecule has 2 atom stereocenters. The number of anilines is 1. The van der Waals surface area contributed by atoms with E-state index in [0.29, 0.717) is 33.4 Å². The van der Waals surface area contributed by atoms with Crippen molar-refractivity contribution < 1.29 is 28.6 Å². The molecule has 1 aromatic heterocycles. The summed E-state index contributed by atoms with van der Waals surface area (Å²) in [6.07, 6.45) is 2.28. The molecule has 8 nitrogen and oxygen atoms in total. The average molecular weight is 616 g/mol. The van der Waals surface area contributed by atoms with Crippen molar-refractivity contribution in [3.63, 3.8) is 0 Å². The zero-order valence-electron chi connectivity index (χ0n) is 23.0. The second kappa shape index (κ2) is 12.0. The van der Waals surface area contributed by atoms with Gasteiger partial charge in [0.1, 0.15) is 35.8 Å². The van der Waals surface area contributed by atoms with E-state index >= 15 is 0 Å². The van der Waals surface area contributed by atoms with Crippen molar-refractivity contribution >= 4 is 45.7 Å². The first-order valence-corrected chi connectivity index (χ1v) is 15.3. The highest BCUT2D eigenvalue weighted by atomic mass is 32.2. The van der Waals surface area contributed by atoms with E-state index in [1.807, 2.05) is 6.92 Å². The van der Waals surface area contributed by atoms with Gasteiger partial charge >= 0.3 is 5.91 Å². The van der Waals surface area contributed by atoms with Gasteiger partial charge in [0.25, 0.3) is 5.78 Å². The number of amides is 1. The summed E-state index contributed by atoms with van der Waals surface area (Å²) in [5, 5.41) is 20.3. The van der Waals surface area contributed by atoms with Gasteiger partial charge in [0.2, 0.25) is 5.13 Å². The Morgan fingerprint density at radius 2 is 2.00 bits per heavy atom. The number of ether oxygens (including phenoxy) is 2. The Hall–Kier alpha value is -4.48. The maximum Gasteiger partial charge on any atom is 0.301 e. The molecule has 3 heterocycles. The fourth-order valence-corrected chi connectivity index (χ4v) is 6.91. The Kier molecular flexibility index (Phi) is 8.00. The lowest BCUT2D eigenvalue weighted by atomic mass is 9.94. The van der Waals surface area contributed by atoms with E-state index in [-0.39, 0.29) is 35.0 Å². The summed E-state index contributed by atoms with van der Waals surface area (Å²) in [7, 11) is 0. The summed E-state index contributed by atoms with van der Waals surface area (Å²) in [6.45, 7) is 5.91. The number of benzene rings is 3. The largest absolute Gasteiger partial charge is 0.507 e. The Bertz CT molecular complexity index is 1750. The molecule has 1 saturated heterocycles. The highest BCUT2D eigenvalue weighted by Gasteiger charge is 2.48. The maximum atomic E-state index is 13.6. The van der Waals surface area contributed by atoms with E-state index < -0.39 is 17.7 Å². The SMILES string of the molecule is C=CCOc1cccc([C@H]2/C(=C(\O)c3ccc4c(c3)C[C@H](C)O4)C(=O)C(=O)N2c2nnc(SCc3ccc(F)cc3)s2)c1. The molecule has 0 radical (unpaired) electrons. The fraction of sp³-hybridized carbons (Fsp3) is 0.188. The molecule has 0 unspecified atom stereocenters. The third-order valence-electron chi connectivity index (χ3n) is 7.03. The molecule has 0 aliphatic carbocycles. The molecule has 0 saturated carbocycles. The number of carbonyl (C=O) groups is 2. The molecule has 0 spiro atoms. The first kappa shape index (κ1) is 28.6. The number of Topliss-reactive ketones (excluding diaryl/α,β-unsaturated/α-hetero) is 1. The van der Waals surface area contributed by atoms with E-state index in [4.69, 9.17) is 9.47 Å². The Morgan fingerprint density at radius 3 is 2.79 bits per heavy atom. The van der Waals surface area contributed by atoms with Gasteiger partial charge in [-0.1, -0.05) is 60.0 Å². The number of carbonyl (C=O) groups excluding carboxylic acids is 2. The lowest BCUT2D eigenvalue weighted by Crippen LogP contribution is -2.29. The lowest BCUT2D eigenvalue weighted by molar-refractivity contribution is -0.132. The van der Waals surface area contributed by atoms with Crippen LogP contribution < -0.4 is 14.4 Å². The van der Waals surface area contributed by atoms with E-state index in [2.05, 4.69) is 16.8 Å². The zero-order valence-corrected chi connectivity index (χ0v) is 24.7. The van der Waals surface area contributed by atoms with Crippen LogP contribution >= 0.6 is 23.1 Å². The number of aliphatic hydroxyl groups excluding tert-OH is 1. The van der Waals surface area contributed by atoms with Crippen LogP contribution in [0.1, 0.15) is 35.2 Å². The first-order chi connectivity index (χ1) is 20.8. The molecule has 6 rings (SSSR count). The highest BCUT2D eigenvalue weighted by Crippen LogP contribution is 2.45. The van der Waals surface area contributed by atoms with E-state index in [9.17, 15) is 19.1 Å². The van der Waals surface area contributed by atoms with Crippen molar-refractivity contribution in [2.24, 2.45) is 0 Å². The summed E-state index contributed by atoms with van der Waals surface area (Å²) in [5.41, 5.74) is 2.71. The molecule has 4 aromatic rings. The number of rotatable bonds is 9. The number of fused-ring (bicyclic) bond motifs is 1. The van der Waals surface area contributed by atoms with Gasteiger partial charge in [-0.3, -0.25) is 14.5 Å². The van der Waals surface area contributed by atoms with Crippen LogP contribution in [0.2, 0.25) is 0 Å². The van der Waals surface area contributed by atoms with Crippen LogP contribution in [0.4, 0.5) is 9.52 Å². The maximum absolute atomic E-state index is 13.6. The third kappa shape index (κ3) is 5.78. The minimum Gasteiger partial charge on any atom is -0.507 e. The zero-order chi connectivity index (χ0) is 30.1. The molecule has 3 aromatic carbocycles. The second-order valence-electron chi connectivity index (χ2n) is 10.1. The van der Waals surface area contributed by atoms with Crippen molar-refractivity contribution in [1.29, 1.82) is 0 Å². The van der Waals surface area contributed by atoms with Gasteiger partial charge in [-0.25, -0.2) is 4.39 Å². The summed E-state index contributed by atoms with van der Waals surface area (Å²) in [5.74, 6) is -0.508. The number of halogens is 1. The van der Waals surface area contributed by atoms with Crippen molar-refractivity contribution in [1.82, 2.24) is 10.2 Å². The molecule has 1 fully saturated rings. The van der Waals surface area contributed by atoms with Crippen LogP contribution in [-0.2, 0) is 21.8 Å². The Labute approximate surface area is 255 Å². The predicted molar refractivity (Wildman–Crippen MR) is 163 cm³/mol. The molecule has 2 aliphatic heterocycles. The summed E-state index contributed by atoms with van der Waals surface area (Å²) < 4.78 is 25.4. The van der Waals surface area contributed by atoms with Gasteiger partial charge in [-0.2, -0.15) is 0 Å². The molecule has 0 bridgehead atoms. The summed E-state index contributed by atoms with van der Waals surface area (Å²) in [6, 6.07) is 17.4. The third-order valence-corrected chi connectivity index (χ3v) is 9.16. The number of hydrogen-bond acceptors (Lipinski definition) is 9. The van der Waals surface area contributed by atoms with E-state index in [1.165, 1.54) is 28.8 Å². The summed E-state index contributed by atoms with van der Waals surface area (Å²) >= 11 is 2.54. The minimum absolute atomic E-state index is 0.00353. The van der Waals surface area contributed by atoms with E-state index in [1.54, 1.807) is 60.7 Å². The number of aliphatic hydroxyl groups is 1. The van der Waals surface area contributed by atoms with Crippen LogP contribution in [0.25, 0.3) is 5.76 Å². The van der Waals surface area contributed by atoms with Crippen LogP contribution in [-0.4, -0.2) is 39.7 Å². The normalized spacial score (nSPS) is 18.9. The van der Waals surface area contributed by atoms with E-state index in [0.717, 1.165) is 28.2 Å². The number of ketones is 1. The molecule has 43 heavy (non-hydrogen) atoms. The molecule has 2 aliphatic rings. The summed E-state index contributed by atoms with van der Waals surface area (Å²) in [4.78, 5) is 28.5. The van der Waals surface area contributed by atoms with Crippen LogP contribution in [0.3, 0.4) is 0 Å².